The number of nitrogens with one attached hydrogen (secondary N) is 1. The maximum Gasteiger partial charge on any atom is 0.416 e. The highest BCUT2D eigenvalue weighted by Gasteiger charge is 2.31. The van der Waals surface area contributed by atoms with E-state index in [0.29, 0.717) is 17.4 Å². The topological polar surface area (TPSA) is 44.7 Å². The lowest BCUT2D eigenvalue weighted by Gasteiger charge is -2.35. The first-order valence-corrected chi connectivity index (χ1v) is 13.4. The lowest BCUT2D eigenvalue weighted by Crippen LogP contribution is -2.37. The Morgan fingerprint density at radius 1 is 0.972 bits per heavy atom. The predicted octanol–water partition coefficient (Wildman–Crippen LogP) is 6.05. The maximum absolute atomic E-state index is 12.8. The third-order valence-corrected chi connectivity index (χ3v) is 8.45. The van der Waals surface area contributed by atoms with Crippen LogP contribution in [0.3, 0.4) is 0 Å². The molecule has 2 heterocycles. The molecule has 1 atom stereocenters. The number of hydrogen-bond acceptors (Lipinski definition) is 4. The SMILES string of the molecule is OC(NC1CCC(CCN2CCC(c3cccc4c3CCO4)CC2)CC1)c1ccc(C(F)(F)F)cc1. The van der Waals surface area contributed by atoms with Crippen molar-refractivity contribution in [1.29, 1.82) is 0 Å². The fourth-order valence-electron chi connectivity index (χ4n) is 6.26. The van der Waals surface area contributed by atoms with Crippen LogP contribution in [0.1, 0.15) is 79.3 Å². The highest BCUT2D eigenvalue weighted by atomic mass is 19.4. The van der Waals surface area contributed by atoms with Gasteiger partial charge in [0.15, 0.2) is 0 Å². The Morgan fingerprint density at radius 2 is 1.69 bits per heavy atom. The summed E-state index contributed by atoms with van der Waals surface area (Å²) < 4.78 is 44.0. The molecular weight excluding hydrogens is 465 g/mol. The van der Waals surface area contributed by atoms with Crippen molar-refractivity contribution in [3.05, 3.63) is 64.7 Å². The van der Waals surface area contributed by atoms with E-state index in [1.54, 1.807) is 0 Å². The van der Waals surface area contributed by atoms with E-state index in [2.05, 4.69) is 28.4 Å². The van der Waals surface area contributed by atoms with Crippen molar-refractivity contribution >= 4 is 0 Å². The normalized spacial score (nSPS) is 24.3. The molecule has 0 aromatic heterocycles. The smallest absolute Gasteiger partial charge is 0.416 e. The molecule has 1 saturated carbocycles. The molecule has 0 amide bonds. The summed E-state index contributed by atoms with van der Waals surface area (Å²) >= 11 is 0. The quantitative estimate of drug-likeness (QED) is 0.453. The molecule has 3 aliphatic rings. The molecule has 5 rings (SSSR count). The second kappa shape index (κ2) is 11.1. The molecule has 7 heteroatoms. The molecule has 2 aliphatic heterocycles. The minimum atomic E-state index is -4.36. The molecule has 2 aromatic rings. The number of fused-ring (bicyclic) bond motifs is 1. The van der Waals surface area contributed by atoms with Crippen LogP contribution in [0.5, 0.6) is 5.75 Å². The zero-order valence-corrected chi connectivity index (χ0v) is 20.8. The van der Waals surface area contributed by atoms with E-state index in [4.69, 9.17) is 4.74 Å². The second-order valence-electron chi connectivity index (χ2n) is 10.7. The van der Waals surface area contributed by atoms with Gasteiger partial charge in [-0.15, -0.1) is 0 Å². The third-order valence-electron chi connectivity index (χ3n) is 8.45. The number of nitrogens with zero attached hydrogens (tertiary/aromatic N) is 1. The molecule has 196 valence electrons. The number of rotatable bonds is 7. The number of halogens is 3. The molecular formula is C29H37F3N2O2. The average molecular weight is 503 g/mol. The number of alkyl halides is 3. The van der Waals surface area contributed by atoms with E-state index < -0.39 is 18.0 Å². The van der Waals surface area contributed by atoms with E-state index in [0.717, 1.165) is 76.2 Å². The molecule has 4 nitrogen and oxygen atoms in total. The van der Waals surface area contributed by atoms with Crippen LogP contribution in [0.2, 0.25) is 0 Å². The Balaban J connectivity index is 1.01. The summed E-state index contributed by atoms with van der Waals surface area (Å²) in [5.41, 5.74) is 2.72. The summed E-state index contributed by atoms with van der Waals surface area (Å²) in [7, 11) is 0. The van der Waals surface area contributed by atoms with Gasteiger partial charge in [-0.25, -0.2) is 0 Å². The summed E-state index contributed by atoms with van der Waals surface area (Å²) in [5.74, 6) is 2.45. The predicted molar refractivity (Wildman–Crippen MR) is 134 cm³/mol. The minimum absolute atomic E-state index is 0.200. The van der Waals surface area contributed by atoms with Gasteiger partial charge in [-0.2, -0.15) is 13.2 Å². The van der Waals surface area contributed by atoms with Crippen molar-refractivity contribution < 1.29 is 23.0 Å². The highest BCUT2D eigenvalue weighted by Crippen LogP contribution is 2.37. The second-order valence-corrected chi connectivity index (χ2v) is 10.7. The summed E-state index contributed by atoms with van der Waals surface area (Å²) in [6.07, 6.45) is 3.64. The molecule has 2 N–H and O–H groups in total. The molecule has 0 radical (unpaired) electrons. The Bertz CT molecular complexity index is 995. The van der Waals surface area contributed by atoms with Gasteiger partial charge >= 0.3 is 6.18 Å². The fourth-order valence-corrected chi connectivity index (χ4v) is 6.26. The van der Waals surface area contributed by atoms with Crippen LogP contribution in [0.15, 0.2) is 42.5 Å². The van der Waals surface area contributed by atoms with Crippen LogP contribution in [0, 0.1) is 5.92 Å². The molecule has 2 aromatic carbocycles. The first-order chi connectivity index (χ1) is 17.4. The Hall–Kier alpha value is -2.09. The van der Waals surface area contributed by atoms with Crippen LogP contribution < -0.4 is 10.1 Å². The first-order valence-electron chi connectivity index (χ1n) is 13.4. The van der Waals surface area contributed by atoms with Gasteiger partial charge in [-0.05, 0) is 106 Å². The summed E-state index contributed by atoms with van der Waals surface area (Å²) in [4.78, 5) is 2.62. The lowest BCUT2D eigenvalue weighted by atomic mass is 9.83. The first kappa shape index (κ1) is 25.6. The minimum Gasteiger partial charge on any atom is -0.493 e. The number of ether oxygens (including phenoxy) is 1. The van der Waals surface area contributed by atoms with E-state index in [9.17, 15) is 18.3 Å². The zero-order valence-electron chi connectivity index (χ0n) is 20.8. The summed E-state index contributed by atoms with van der Waals surface area (Å²) in [6, 6.07) is 11.5. The van der Waals surface area contributed by atoms with Crippen molar-refractivity contribution in [3.63, 3.8) is 0 Å². The van der Waals surface area contributed by atoms with Crippen LogP contribution in [0.4, 0.5) is 13.2 Å². The van der Waals surface area contributed by atoms with Crippen molar-refractivity contribution in [2.75, 3.05) is 26.2 Å². The van der Waals surface area contributed by atoms with Gasteiger partial charge in [0.1, 0.15) is 12.0 Å². The molecule has 1 unspecified atom stereocenters. The standard InChI is InChI=1S/C29H37F3N2O2/c30-29(31,32)23-8-6-22(7-9-23)28(35)33-24-10-4-20(5-11-24)12-16-34-17-13-21(14-18-34)25-2-1-3-27-26(25)15-19-36-27/h1-3,6-9,20-21,24,28,33,35H,4-5,10-19H2. The van der Waals surface area contributed by atoms with Gasteiger partial charge < -0.3 is 14.7 Å². The van der Waals surface area contributed by atoms with Gasteiger partial charge in [0, 0.05) is 18.0 Å². The maximum atomic E-state index is 12.8. The summed E-state index contributed by atoms with van der Waals surface area (Å²) in [6.45, 7) is 4.29. The number of aliphatic hydroxyl groups is 1. The highest BCUT2D eigenvalue weighted by molar-refractivity contribution is 5.44. The molecule has 0 spiro atoms. The Labute approximate surface area is 211 Å². The van der Waals surface area contributed by atoms with Crippen molar-refractivity contribution in [2.45, 2.75) is 75.7 Å². The molecule has 0 bridgehead atoms. The largest absolute Gasteiger partial charge is 0.493 e. The van der Waals surface area contributed by atoms with Crippen LogP contribution in [-0.4, -0.2) is 42.3 Å². The Morgan fingerprint density at radius 3 is 2.39 bits per heavy atom. The van der Waals surface area contributed by atoms with E-state index >= 15 is 0 Å². The molecule has 36 heavy (non-hydrogen) atoms. The Kier molecular flexibility index (Phi) is 7.89. The molecule has 1 aliphatic carbocycles. The third kappa shape index (κ3) is 6.06. The van der Waals surface area contributed by atoms with Gasteiger partial charge in [-0.1, -0.05) is 24.3 Å². The molecule has 2 fully saturated rings. The van der Waals surface area contributed by atoms with Gasteiger partial charge in [0.2, 0.25) is 0 Å². The number of hydrogen-bond donors (Lipinski definition) is 2. The van der Waals surface area contributed by atoms with Crippen LogP contribution >= 0.6 is 0 Å². The summed E-state index contributed by atoms with van der Waals surface area (Å²) in [5, 5.41) is 13.7. The van der Waals surface area contributed by atoms with E-state index in [1.165, 1.54) is 42.5 Å². The number of benzene rings is 2. The molecule has 1 saturated heterocycles. The van der Waals surface area contributed by atoms with Gasteiger partial charge in [0.25, 0.3) is 0 Å². The van der Waals surface area contributed by atoms with Crippen LogP contribution in [0.25, 0.3) is 0 Å². The zero-order chi connectivity index (χ0) is 25.1. The van der Waals surface area contributed by atoms with Crippen LogP contribution in [-0.2, 0) is 12.6 Å². The van der Waals surface area contributed by atoms with Gasteiger partial charge in [-0.3, -0.25) is 5.32 Å². The van der Waals surface area contributed by atoms with Crippen molar-refractivity contribution in [3.8, 4) is 5.75 Å². The van der Waals surface area contributed by atoms with Crippen molar-refractivity contribution in [2.24, 2.45) is 5.92 Å². The van der Waals surface area contributed by atoms with E-state index in [-0.39, 0.29) is 6.04 Å². The van der Waals surface area contributed by atoms with E-state index in [1.807, 2.05) is 0 Å². The lowest BCUT2D eigenvalue weighted by molar-refractivity contribution is -0.137. The number of piperidine rings is 1. The monoisotopic (exact) mass is 502 g/mol. The van der Waals surface area contributed by atoms with Crippen molar-refractivity contribution in [1.82, 2.24) is 10.2 Å². The average Bonchev–Trinajstić information content (AvgIpc) is 3.37. The number of likely N-dealkylation sites (tertiary alicyclic amines) is 1. The fraction of sp³-hybridized carbons (Fsp3) is 0.586. The number of aliphatic hydroxyl groups excluding tert-OH is 1. The van der Waals surface area contributed by atoms with Gasteiger partial charge in [0.05, 0.1) is 12.2 Å².